The molecule has 0 aromatic carbocycles. The number of ether oxygens (including phenoxy) is 2. The quantitative estimate of drug-likeness (QED) is 0.397. The van der Waals surface area contributed by atoms with E-state index in [0.29, 0.717) is 22.8 Å². The van der Waals surface area contributed by atoms with E-state index < -0.39 is 0 Å². The van der Waals surface area contributed by atoms with Crippen LogP contribution in [0.1, 0.15) is 33.1 Å². The van der Waals surface area contributed by atoms with Crippen LogP contribution in [0.3, 0.4) is 0 Å². The fourth-order valence-electron chi connectivity index (χ4n) is 1.74. The second-order valence-corrected chi connectivity index (χ2v) is 5.72. The van der Waals surface area contributed by atoms with Crippen molar-refractivity contribution in [1.82, 2.24) is 9.97 Å². The van der Waals surface area contributed by atoms with E-state index in [9.17, 15) is 4.79 Å². The van der Waals surface area contributed by atoms with Gasteiger partial charge in [0, 0.05) is 0 Å². The molecule has 1 aromatic rings. The third kappa shape index (κ3) is 5.00. The third-order valence-electron chi connectivity index (χ3n) is 3.03. The van der Waals surface area contributed by atoms with Crippen LogP contribution in [-0.4, -0.2) is 35.7 Å². The van der Waals surface area contributed by atoms with E-state index in [4.69, 9.17) is 9.47 Å². The van der Waals surface area contributed by atoms with Crippen LogP contribution in [0.5, 0.6) is 11.8 Å². The van der Waals surface area contributed by atoms with Gasteiger partial charge < -0.3 is 14.3 Å². The molecular formula is C14H22N2O3S. The third-order valence-corrected chi connectivity index (χ3v) is 4.27. The smallest absolute Gasteiger partial charge is 0.220 e. The van der Waals surface area contributed by atoms with Crippen LogP contribution < -0.4 is 9.47 Å². The van der Waals surface area contributed by atoms with Gasteiger partial charge in [0.05, 0.1) is 25.5 Å². The Balaban J connectivity index is 2.80. The maximum Gasteiger partial charge on any atom is 0.220 e. The van der Waals surface area contributed by atoms with Gasteiger partial charge in [0.25, 0.3) is 0 Å². The molecule has 0 saturated heterocycles. The largest absolute Gasteiger partial charge is 0.481 e. The van der Waals surface area contributed by atoms with Crippen molar-refractivity contribution in [3.63, 3.8) is 0 Å². The molecule has 1 rings (SSSR count). The maximum atomic E-state index is 11.3. The molecule has 1 aromatic heterocycles. The van der Waals surface area contributed by atoms with Crippen molar-refractivity contribution in [2.24, 2.45) is 5.92 Å². The lowest BCUT2D eigenvalue weighted by molar-refractivity contribution is -0.108. The number of unbranched alkanes of at least 4 members (excludes halogenated alkanes) is 1. The molecule has 1 heterocycles. The van der Waals surface area contributed by atoms with Crippen LogP contribution in [-0.2, 0) is 4.79 Å². The number of thioether (sulfide) groups is 1. The first-order chi connectivity index (χ1) is 9.64. The summed E-state index contributed by atoms with van der Waals surface area (Å²) in [4.78, 5) is 19.8. The molecular weight excluding hydrogens is 276 g/mol. The van der Waals surface area contributed by atoms with E-state index in [-0.39, 0.29) is 5.25 Å². The van der Waals surface area contributed by atoms with E-state index in [2.05, 4.69) is 23.8 Å². The number of aldehydes is 1. The van der Waals surface area contributed by atoms with E-state index >= 15 is 0 Å². The summed E-state index contributed by atoms with van der Waals surface area (Å²) in [5, 5.41) is 0.347. The zero-order chi connectivity index (χ0) is 15.0. The monoisotopic (exact) mass is 298 g/mol. The molecule has 0 bridgehead atoms. The van der Waals surface area contributed by atoms with E-state index in [1.165, 1.54) is 26.0 Å². The van der Waals surface area contributed by atoms with Gasteiger partial charge in [-0.3, -0.25) is 0 Å². The summed E-state index contributed by atoms with van der Waals surface area (Å²) in [7, 11) is 3.08. The average Bonchev–Trinajstić information content (AvgIpc) is 2.49. The van der Waals surface area contributed by atoms with E-state index in [1.807, 2.05) is 0 Å². The number of nitrogens with zero attached hydrogens (tertiary/aromatic N) is 2. The Bertz CT molecular complexity index is 407. The zero-order valence-electron chi connectivity index (χ0n) is 12.5. The van der Waals surface area contributed by atoms with Crippen LogP contribution in [0.4, 0.5) is 0 Å². The molecule has 2 unspecified atom stereocenters. The van der Waals surface area contributed by atoms with Gasteiger partial charge in [-0.05, 0) is 12.3 Å². The van der Waals surface area contributed by atoms with Crippen molar-refractivity contribution >= 4 is 18.0 Å². The van der Waals surface area contributed by atoms with Crippen molar-refractivity contribution in [3.05, 3.63) is 6.07 Å². The highest BCUT2D eigenvalue weighted by molar-refractivity contribution is 8.00. The molecule has 0 N–H and O–H groups in total. The Morgan fingerprint density at radius 1 is 1.30 bits per heavy atom. The Morgan fingerprint density at radius 3 is 2.35 bits per heavy atom. The lowest BCUT2D eigenvalue weighted by atomic mass is 10.0. The van der Waals surface area contributed by atoms with Crippen LogP contribution in [0.2, 0.25) is 0 Å². The van der Waals surface area contributed by atoms with Gasteiger partial charge in [-0.15, -0.1) is 0 Å². The predicted molar refractivity (Wildman–Crippen MR) is 79.5 cm³/mol. The summed E-state index contributed by atoms with van der Waals surface area (Å²) in [5.74, 6) is 1.16. The fraction of sp³-hybridized carbons (Fsp3) is 0.643. The highest BCUT2D eigenvalue weighted by atomic mass is 32.2. The van der Waals surface area contributed by atoms with Crippen LogP contribution in [0, 0.1) is 5.92 Å². The van der Waals surface area contributed by atoms with Gasteiger partial charge in [-0.2, -0.15) is 9.97 Å². The van der Waals surface area contributed by atoms with Gasteiger partial charge in [-0.1, -0.05) is 38.5 Å². The van der Waals surface area contributed by atoms with Crippen LogP contribution >= 0.6 is 11.8 Å². The Morgan fingerprint density at radius 2 is 1.90 bits per heavy atom. The molecule has 0 aliphatic carbocycles. The van der Waals surface area contributed by atoms with E-state index in [0.717, 1.165) is 25.5 Å². The molecule has 20 heavy (non-hydrogen) atoms. The minimum Gasteiger partial charge on any atom is -0.481 e. The summed E-state index contributed by atoms with van der Waals surface area (Å²) in [6.45, 7) is 4.23. The number of aromatic nitrogens is 2. The highest BCUT2D eigenvalue weighted by Gasteiger charge is 2.20. The first-order valence-electron chi connectivity index (χ1n) is 6.73. The summed E-state index contributed by atoms with van der Waals surface area (Å²) in [6.07, 6.45) is 4.24. The van der Waals surface area contributed by atoms with Gasteiger partial charge in [0.1, 0.15) is 6.29 Å². The average molecular weight is 298 g/mol. The first kappa shape index (κ1) is 16.8. The van der Waals surface area contributed by atoms with Gasteiger partial charge >= 0.3 is 0 Å². The maximum absolute atomic E-state index is 11.3. The highest BCUT2D eigenvalue weighted by Crippen LogP contribution is 2.29. The van der Waals surface area contributed by atoms with Crippen molar-refractivity contribution in [1.29, 1.82) is 0 Å². The molecule has 0 radical (unpaired) electrons. The van der Waals surface area contributed by atoms with Gasteiger partial charge in [-0.25, -0.2) is 0 Å². The summed E-state index contributed by atoms with van der Waals surface area (Å²) in [5.41, 5.74) is 0. The molecule has 0 aliphatic heterocycles. The molecule has 0 aliphatic rings. The van der Waals surface area contributed by atoms with Gasteiger partial charge in [0.2, 0.25) is 11.8 Å². The van der Waals surface area contributed by atoms with E-state index in [1.54, 1.807) is 6.07 Å². The van der Waals surface area contributed by atoms with Gasteiger partial charge in [0.15, 0.2) is 5.16 Å². The lowest BCUT2D eigenvalue weighted by Crippen LogP contribution is -2.16. The number of hydrogen-bond donors (Lipinski definition) is 0. The predicted octanol–water partition coefficient (Wildman–Crippen LogP) is 2.98. The SMILES string of the molecule is CCCCC(C)C(C=O)Sc1nc(OC)cc(OC)n1. The van der Waals surface area contributed by atoms with Crippen molar-refractivity contribution in [2.75, 3.05) is 14.2 Å². The molecule has 0 amide bonds. The molecule has 0 saturated carbocycles. The molecule has 2 atom stereocenters. The molecule has 5 nitrogen and oxygen atoms in total. The number of rotatable bonds is 9. The molecule has 0 fully saturated rings. The minimum atomic E-state index is -0.154. The van der Waals surface area contributed by atoms with Crippen molar-refractivity contribution in [3.8, 4) is 11.8 Å². The lowest BCUT2D eigenvalue weighted by Gasteiger charge is -2.17. The fourth-order valence-corrected chi connectivity index (χ4v) is 2.69. The topological polar surface area (TPSA) is 61.3 Å². The zero-order valence-corrected chi connectivity index (χ0v) is 13.3. The summed E-state index contributed by atoms with van der Waals surface area (Å²) < 4.78 is 10.2. The molecule has 112 valence electrons. The second kappa shape index (κ2) is 8.79. The van der Waals surface area contributed by atoms with Crippen LogP contribution in [0.15, 0.2) is 11.2 Å². The summed E-state index contributed by atoms with van der Waals surface area (Å²) in [6, 6.07) is 1.61. The Labute approximate surface area is 124 Å². The Hall–Kier alpha value is -1.30. The standard InChI is InChI=1S/C14H22N2O3S/c1-5-6-7-10(2)11(9-17)20-14-15-12(18-3)8-13(16-14)19-4/h8-11H,5-7H2,1-4H3. The second-order valence-electron chi connectivity index (χ2n) is 4.57. The number of carbonyl (C=O) groups is 1. The number of carbonyl (C=O) groups excluding carboxylic acids is 1. The first-order valence-corrected chi connectivity index (χ1v) is 7.61. The molecule has 6 heteroatoms. The normalized spacial score (nSPS) is 13.6. The van der Waals surface area contributed by atoms with Crippen LogP contribution in [0.25, 0.3) is 0 Å². The summed E-state index contributed by atoms with van der Waals surface area (Å²) >= 11 is 1.36. The molecule has 0 spiro atoms. The van der Waals surface area contributed by atoms with Crippen molar-refractivity contribution < 1.29 is 14.3 Å². The Kier molecular flexibility index (Phi) is 7.36. The number of methoxy groups -OCH3 is 2. The number of hydrogen-bond acceptors (Lipinski definition) is 6. The minimum absolute atomic E-state index is 0.154. The van der Waals surface area contributed by atoms with Crippen molar-refractivity contribution in [2.45, 2.75) is 43.5 Å².